The first-order chi connectivity index (χ1) is 10.9. The molecule has 2 rings (SSSR count). The van der Waals surface area contributed by atoms with Crippen LogP contribution in [0.1, 0.15) is 22.8 Å². The second-order valence-electron chi connectivity index (χ2n) is 5.16. The van der Waals surface area contributed by atoms with Gasteiger partial charge in [0.1, 0.15) is 0 Å². The van der Waals surface area contributed by atoms with Gasteiger partial charge in [-0.15, -0.1) is 0 Å². The Morgan fingerprint density at radius 2 is 1.65 bits per heavy atom. The lowest BCUT2D eigenvalue weighted by Gasteiger charge is -2.22. The van der Waals surface area contributed by atoms with Crippen LogP contribution in [0.5, 0.6) is 0 Å². The summed E-state index contributed by atoms with van der Waals surface area (Å²) in [4.78, 5) is 11.8. The second kappa shape index (κ2) is 7.28. The van der Waals surface area contributed by atoms with Gasteiger partial charge in [0.2, 0.25) is 10.0 Å². The van der Waals surface area contributed by atoms with Crippen LogP contribution in [0.15, 0.2) is 54.6 Å². The summed E-state index contributed by atoms with van der Waals surface area (Å²) in [6.07, 6.45) is 1.17. The number of hydrogen-bond acceptors (Lipinski definition) is 3. The van der Waals surface area contributed by atoms with E-state index in [4.69, 9.17) is 0 Å². The average molecular weight is 332 g/mol. The molecule has 0 bridgehead atoms. The van der Waals surface area contributed by atoms with Gasteiger partial charge in [-0.25, -0.2) is 8.42 Å². The number of nitrogens with zero attached hydrogens (tertiary/aromatic N) is 1. The molecule has 1 N–H and O–H groups in total. The topological polar surface area (TPSA) is 66.5 Å². The SMILES string of the molecule is CCNC(=O)c1ccc(N(Cc2ccccc2)S(C)(=O)=O)cc1. The van der Waals surface area contributed by atoms with Crippen molar-refractivity contribution >= 4 is 21.6 Å². The molecule has 0 radical (unpaired) electrons. The van der Waals surface area contributed by atoms with Crippen molar-refractivity contribution in [1.29, 1.82) is 0 Å². The molecule has 23 heavy (non-hydrogen) atoms. The predicted octanol–water partition coefficient (Wildman–Crippen LogP) is 2.40. The van der Waals surface area contributed by atoms with E-state index in [1.165, 1.54) is 10.6 Å². The molecule has 0 aliphatic rings. The first kappa shape index (κ1) is 17.0. The van der Waals surface area contributed by atoms with Crippen molar-refractivity contribution in [3.63, 3.8) is 0 Å². The van der Waals surface area contributed by atoms with Crippen molar-refractivity contribution < 1.29 is 13.2 Å². The van der Waals surface area contributed by atoms with E-state index in [0.717, 1.165) is 5.56 Å². The van der Waals surface area contributed by atoms with Gasteiger partial charge < -0.3 is 5.32 Å². The lowest BCUT2D eigenvalue weighted by Crippen LogP contribution is -2.29. The van der Waals surface area contributed by atoms with Gasteiger partial charge in [0.15, 0.2) is 0 Å². The Kier molecular flexibility index (Phi) is 5.39. The minimum absolute atomic E-state index is 0.173. The standard InChI is InChI=1S/C17H20N2O3S/c1-3-18-17(20)15-9-11-16(12-10-15)19(23(2,21)22)13-14-7-5-4-6-8-14/h4-12H,3,13H2,1-2H3,(H,18,20). The number of sulfonamides is 1. The number of carbonyl (C=O) groups is 1. The second-order valence-corrected chi connectivity index (χ2v) is 7.07. The summed E-state index contributed by atoms with van der Waals surface area (Å²) in [7, 11) is -3.43. The van der Waals surface area contributed by atoms with Crippen molar-refractivity contribution in [3.8, 4) is 0 Å². The molecule has 0 saturated carbocycles. The quantitative estimate of drug-likeness (QED) is 0.883. The first-order valence-electron chi connectivity index (χ1n) is 7.31. The van der Waals surface area contributed by atoms with Crippen LogP contribution < -0.4 is 9.62 Å². The molecule has 0 spiro atoms. The van der Waals surface area contributed by atoms with Crippen LogP contribution >= 0.6 is 0 Å². The molecule has 0 heterocycles. The van der Waals surface area contributed by atoms with E-state index in [9.17, 15) is 13.2 Å². The molecule has 0 saturated heterocycles. The largest absolute Gasteiger partial charge is 0.352 e. The fourth-order valence-electron chi connectivity index (χ4n) is 2.19. The molecule has 0 fully saturated rings. The number of amides is 1. The lowest BCUT2D eigenvalue weighted by molar-refractivity contribution is 0.0956. The summed E-state index contributed by atoms with van der Waals surface area (Å²) in [5.74, 6) is -0.173. The van der Waals surface area contributed by atoms with Gasteiger partial charge in [0, 0.05) is 12.1 Å². The normalized spacial score (nSPS) is 11.0. The maximum atomic E-state index is 12.1. The third-order valence-electron chi connectivity index (χ3n) is 3.32. The van der Waals surface area contributed by atoms with Gasteiger partial charge >= 0.3 is 0 Å². The van der Waals surface area contributed by atoms with E-state index in [1.807, 2.05) is 37.3 Å². The van der Waals surface area contributed by atoms with Crippen LogP contribution in [0.2, 0.25) is 0 Å². The number of carbonyl (C=O) groups excluding carboxylic acids is 1. The summed E-state index contributed by atoms with van der Waals surface area (Å²) >= 11 is 0. The fourth-order valence-corrected chi connectivity index (χ4v) is 3.08. The third kappa shape index (κ3) is 4.56. The Labute approximate surface area is 137 Å². The molecule has 0 aliphatic carbocycles. The summed E-state index contributed by atoms with van der Waals surface area (Å²) < 4.78 is 25.5. The fraction of sp³-hybridized carbons (Fsp3) is 0.235. The number of hydrogen-bond donors (Lipinski definition) is 1. The minimum Gasteiger partial charge on any atom is -0.352 e. The highest BCUT2D eigenvalue weighted by Crippen LogP contribution is 2.21. The van der Waals surface area contributed by atoms with E-state index < -0.39 is 10.0 Å². The van der Waals surface area contributed by atoms with Gasteiger partial charge in [-0.1, -0.05) is 30.3 Å². The number of rotatable bonds is 6. The first-order valence-corrected chi connectivity index (χ1v) is 9.16. The monoisotopic (exact) mass is 332 g/mol. The third-order valence-corrected chi connectivity index (χ3v) is 4.46. The number of anilines is 1. The number of benzene rings is 2. The van der Waals surface area contributed by atoms with Crippen molar-refractivity contribution in [2.45, 2.75) is 13.5 Å². The predicted molar refractivity (Wildman–Crippen MR) is 91.9 cm³/mol. The van der Waals surface area contributed by atoms with Crippen molar-refractivity contribution in [3.05, 3.63) is 65.7 Å². The minimum atomic E-state index is -3.43. The average Bonchev–Trinajstić information content (AvgIpc) is 2.53. The molecule has 6 heteroatoms. The molecular weight excluding hydrogens is 312 g/mol. The lowest BCUT2D eigenvalue weighted by atomic mass is 10.2. The van der Waals surface area contributed by atoms with Gasteiger partial charge in [-0.05, 0) is 36.8 Å². The van der Waals surface area contributed by atoms with Crippen LogP contribution in [-0.4, -0.2) is 27.1 Å². The van der Waals surface area contributed by atoms with Crippen molar-refractivity contribution in [2.24, 2.45) is 0 Å². The van der Waals surface area contributed by atoms with E-state index >= 15 is 0 Å². The maximum Gasteiger partial charge on any atom is 0.251 e. The highest BCUT2D eigenvalue weighted by molar-refractivity contribution is 7.92. The molecule has 122 valence electrons. The van der Waals surface area contributed by atoms with E-state index in [2.05, 4.69) is 5.32 Å². The Balaban J connectivity index is 2.28. The van der Waals surface area contributed by atoms with Crippen LogP contribution in [0.3, 0.4) is 0 Å². The van der Waals surface area contributed by atoms with Crippen LogP contribution in [0.4, 0.5) is 5.69 Å². The summed E-state index contributed by atoms with van der Waals surface area (Å²) in [6.45, 7) is 2.64. The molecule has 5 nitrogen and oxygen atoms in total. The Morgan fingerprint density at radius 1 is 1.04 bits per heavy atom. The zero-order chi connectivity index (χ0) is 16.9. The zero-order valence-electron chi connectivity index (χ0n) is 13.2. The van der Waals surface area contributed by atoms with Gasteiger partial charge in [0.05, 0.1) is 18.5 Å². The highest BCUT2D eigenvalue weighted by Gasteiger charge is 2.18. The Morgan fingerprint density at radius 3 is 2.17 bits per heavy atom. The van der Waals surface area contributed by atoms with Crippen molar-refractivity contribution in [2.75, 3.05) is 17.1 Å². The van der Waals surface area contributed by atoms with Crippen LogP contribution in [0, 0.1) is 0 Å². The Hall–Kier alpha value is -2.34. The molecule has 1 amide bonds. The van der Waals surface area contributed by atoms with E-state index in [1.54, 1.807) is 24.3 Å². The summed E-state index contributed by atoms with van der Waals surface area (Å²) in [5, 5.41) is 2.71. The smallest absolute Gasteiger partial charge is 0.251 e. The van der Waals surface area contributed by atoms with E-state index in [-0.39, 0.29) is 12.5 Å². The molecule has 2 aromatic rings. The molecule has 2 aromatic carbocycles. The molecule has 0 atom stereocenters. The maximum absolute atomic E-state index is 12.1. The van der Waals surface area contributed by atoms with Gasteiger partial charge in [-0.3, -0.25) is 9.10 Å². The molecular formula is C17H20N2O3S. The Bertz CT molecular complexity index is 756. The molecule has 0 aromatic heterocycles. The summed E-state index contributed by atoms with van der Waals surface area (Å²) in [5.41, 5.74) is 1.93. The van der Waals surface area contributed by atoms with E-state index in [0.29, 0.717) is 17.8 Å². The van der Waals surface area contributed by atoms with Gasteiger partial charge in [0.25, 0.3) is 5.91 Å². The summed E-state index contributed by atoms with van der Waals surface area (Å²) in [6, 6.07) is 15.9. The molecule has 0 unspecified atom stereocenters. The number of nitrogens with one attached hydrogen (secondary N) is 1. The van der Waals surface area contributed by atoms with Crippen LogP contribution in [-0.2, 0) is 16.6 Å². The van der Waals surface area contributed by atoms with Gasteiger partial charge in [-0.2, -0.15) is 0 Å². The zero-order valence-corrected chi connectivity index (χ0v) is 14.0. The van der Waals surface area contributed by atoms with Crippen molar-refractivity contribution in [1.82, 2.24) is 5.32 Å². The van der Waals surface area contributed by atoms with Crippen LogP contribution in [0.25, 0.3) is 0 Å². The molecule has 0 aliphatic heterocycles. The highest BCUT2D eigenvalue weighted by atomic mass is 32.2.